The lowest BCUT2D eigenvalue weighted by atomic mass is 9.95. The summed E-state index contributed by atoms with van der Waals surface area (Å²) in [5.74, 6) is 1.24. The molecule has 3 N–H and O–H groups in total. The van der Waals surface area contributed by atoms with Gasteiger partial charge in [-0.15, -0.1) is 12.4 Å². The molecule has 1 aromatic rings. The molecule has 0 fully saturated rings. The van der Waals surface area contributed by atoms with E-state index >= 15 is 0 Å². The first-order valence-electron chi connectivity index (χ1n) is 5.62. The number of halogens is 1. The summed E-state index contributed by atoms with van der Waals surface area (Å²) in [5, 5.41) is 9.91. The number of aliphatic hydroxyl groups is 1. The Morgan fingerprint density at radius 3 is 2.18 bits per heavy atom. The van der Waals surface area contributed by atoms with Crippen molar-refractivity contribution in [2.45, 2.75) is 32.4 Å². The second-order valence-electron chi connectivity index (χ2n) is 4.50. The number of aliphatic hydroxyl groups excluding tert-OH is 1. The van der Waals surface area contributed by atoms with Gasteiger partial charge >= 0.3 is 0 Å². The number of ether oxygens (including phenoxy) is 1. The summed E-state index contributed by atoms with van der Waals surface area (Å²) < 4.78 is 5.07. The van der Waals surface area contributed by atoms with Gasteiger partial charge in [0.15, 0.2) is 0 Å². The fourth-order valence-electron chi connectivity index (χ4n) is 1.68. The number of benzene rings is 1. The molecule has 1 rings (SSSR count). The predicted octanol–water partition coefficient (Wildman–Crippen LogP) is 2.52. The first kappa shape index (κ1) is 16.2. The third kappa shape index (κ3) is 4.94. The molecule has 17 heavy (non-hydrogen) atoms. The van der Waals surface area contributed by atoms with Crippen LogP contribution in [0.3, 0.4) is 0 Å². The number of nitrogens with two attached hydrogens (primary N) is 1. The van der Waals surface area contributed by atoms with Crippen LogP contribution in [0.5, 0.6) is 5.75 Å². The largest absolute Gasteiger partial charge is 0.497 e. The monoisotopic (exact) mass is 259 g/mol. The lowest BCUT2D eigenvalue weighted by Gasteiger charge is -2.21. The van der Waals surface area contributed by atoms with E-state index in [0.29, 0.717) is 12.3 Å². The number of hydrogen-bond donors (Lipinski definition) is 2. The van der Waals surface area contributed by atoms with Gasteiger partial charge in [0.2, 0.25) is 0 Å². The highest BCUT2D eigenvalue weighted by molar-refractivity contribution is 5.85. The second kappa shape index (κ2) is 7.54. The van der Waals surface area contributed by atoms with Gasteiger partial charge in [-0.3, -0.25) is 0 Å². The van der Waals surface area contributed by atoms with Crippen molar-refractivity contribution in [3.8, 4) is 5.75 Å². The molecule has 0 aromatic heterocycles. The lowest BCUT2D eigenvalue weighted by Crippen LogP contribution is -2.27. The number of hydrogen-bond acceptors (Lipinski definition) is 3. The van der Waals surface area contributed by atoms with Crippen LogP contribution in [0.1, 0.15) is 31.9 Å². The van der Waals surface area contributed by atoms with Crippen LogP contribution < -0.4 is 10.5 Å². The van der Waals surface area contributed by atoms with Crippen LogP contribution in [-0.2, 0) is 0 Å². The maximum atomic E-state index is 9.91. The summed E-state index contributed by atoms with van der Waals surface area (Å²) in [4.78, 5) is 0. The maximum absolute atomic E-state index is 9.91. The van der Waals surface area contributed by atoms with Crippen LogP contribution in [0.15, 0.2) is 24.3 Å². The van der Waals surface area contributed by atoms with Gasteiger partial charge in [-0.2, -0.15) is 0 Å². The molecule has 3 nitrogen and oxygen atoms in total. The zero-order valence-corrected chi connectivity index (χ0v) is 11.4. The van der Waals surface area contributed by atoms with Crippen LogP contribution >= 0.6 is 12.4 Å². The molecule has 0 heterocycles. The van der Waals surface area contributed by atoms with E-state index in [-0.39, 0.29) is 18.4 Å². The Morgan fingerprint density at radius 2 is 1.76 bits per heavy atom. The van der Waals surface area contributed by atoms with Crippen LogP contribution in [0.25, 0.3) is 0 Å². The molecule has 0 aliphatic heterocycles. The highest BCUT2D eigenvalue weighted by Crippen LogP contribution is 2.21. The molecule has 0 unspecified atom stereocenters. The van der Waals surface area contributed by atoms with Crippen LogP contribution in [0.4, 0.5) is 0 Å². The minimum Gasteiger partial charge on any atom is -0.497 e. The summed E-state index contributed by atoms with van der Waals surface area (Å²) in [6.07, 6.45) is 0.223. The summed E-state index contributed by atoms with van der Waals surface area (Å²) in [7, 11) is 1.63. The average Bonchev–Trinajstić information content (AvgIpc) is 2.27. The van der Waals surface area contributed by atoms with Crippen molar-refractivity contribution in [2.75, 3.05) is 7.11 Å². The maximum Gasteiger partial charge on any atom is 0.118 e. The van der Waals surface area contributed by atoms with Crippen molar-refractivity contribution >= 4 is 12.4 Å². The summed E-state index contributed by atoms with van der Waals surface area (Å²) in [6, 6.07) is 7.18. The van der Waals surface area contributed by atoms with E-state index < -0.39 is 6.10 Å². The third-order valence-corrected chi connectivity index (χ3v) is 2.63. The van der Waals surface area contributed by atoms with Gasteiger partial charge in [-0.1, -0.05) is 26.0 Å². The van der Waals surface area contributed by atoms with Crippen molar-refractivity contribution in [2.24, 2.45) is 11.7 Å². The minimum atomic E-state index is -0.492. The molecule has 2 atom stereocenters. The molecule has 1 aromatic carbocycles. The van der Waals surface area contributed by atoms with Crippen molar-refractivity contribution in [1.29, 1.82) is 0 Å². The zero-order valence-electron chi connectivity index (χ0n) is 10.6. The summed E-state index contributed by atoms with van der Waals surface area (Å²) in [6.45, 7) is 4.15. The van der Waals surface area contributed by atoms with Crippen molar-refractivity contribution in [3.05, 3.63) is 29.8 Å². The van der Waals surface area contributed by atoms with Gasteiger partial charge in [-0.25, -0.2) is 0 Å². The van der Waals surface area contributed by atoms with Gasteiger partial charge in [-0.05, 0) is 30.0 Å². The number of methoxy groups -OCH3 is 1. The third-order valence-electron chi connectivity index (χ3n) is 2.63. The van der Waals surface area contributed by atoms with E-state index in [2.05, 4.69) is 13.8 Å². The van der Waals surface area contributed by atoms with E-state index in [1.807, 2.05) is 24.3 Å². The first-order chi connectivity index (χ1) is 7.54. The molecule has 0 amide bonds. The predicted molar refractivity (Wildman–Crippen MR) is 72.6 cm³/mol. The van der Waals surface area contributed by atoms with Crippen LogP contribution in [0.2, 0.25) is 0 Å². The van der Waals surface area contributed by atoms with Crippen molar-refractivity contribution in [3.63, 3.8) is 0 Å². The van der Waals surface area contributed by atoms with Gasteiger partial charge in [0.05, 0.1) is 19.3 Å². The molecular weight excluding hydrogens is 238 g/mol. The SMILES string of the molecule is COc1ccc([C@@H](N)[C@@H](O)CC(C)C)cc1.Cl. The van der Waals surface area contributed by atoms with E-state index in [1.165, 1.54) is 0 Å². The smallest absolute Gasteiger partial charge is 0.118 e. The highest BCUT2D eigenvalue weighted by atomic mass is 35.5. The Morgan fingerprint density at radius 1 is 1.24 bits per heavy atom. The highest BCUT2D eigenvalue weighted by Gasteiger charge is 2.17. The Bertz CT molecular complexity index is 314. The summed E-state index contributed by atoms with van der Waals surface area (Å²) >= 11 is 0. The van der Waals surface area contributed by atoms with Crippen LogP contribution in [0, 0.1) is 5.92 Å². The van der Waals surface area contributed by atoms with Gasteiger partial charge in [0.25, 0.3) is 0 Å². The topological polar surface area (TPSA) is 55.5 Å². The standard InChI is InChI=1S/C13H21NO2.ClH/c1-9(2)8-12(15)13(14)10-4-6-11(16-3)7-5-10;/h4-7,9,12-13,15H,8,14H2,1-3H3;1H/t12-,13+;/m0./s1. The second-order valence-corrected chi connectivity index (χ2v) is 4.50. The van der Waals surface area contributed by atoms with E-state index in [9.17, 15) is 5.11 Å². The Kier molecular flexibility index (Phi) is 7.19. The fourth-order valence-corrected chi connectivity index (χ4v) is 1.68. The number of rotatable bonds is 5. The van der Waals surface area contributed by atoms with Crippen molar-refractivity contribution < 1.29 is 9.84 Å². The van der Waals surface area contributed by atoms with Gasteiger partial charge < -0.3 is 15.6 Å². The van der Waals surface area contributed by atoms with Gasteiger partial charge in [0.1, 0.15) is 5.75 Å². The zero-order chi connectivity index (χ0) is 12.1. The van der Waals surface area contributed by atoms with Gasteiger partial charge in [0, 0.05) is 0 Å². The lowest BCUT2D eigenvalue weighted by molar-refractivity contribution is 0.121. The average molecular weight is 260 g/mol. The van der Waals surface area contributed by atoms with E-state index in [1.54, 1.807) is 7.11 Å². The van der Waals surface area contributed by atoms with E-state index in [0.717, 1.165) is 11.3 Å². The van der Waals surface area contributed by atoms with Crippen molar-refractivity contribution in [1.82, 2.24) is 0 Å². The van der Waals surface area contributed by atoms with E-state index in [4.69, 9.17) is 10.5 Å². The molecule has 4 heteroatoms. The van der Waals surface area contributed by atoms with Crippen LogP contribution in [-0.4, -0.2) is 18.3 Å². The molecule has 0 aliphatic rings. The quantitative estimate of drug-likeness (QED) is 0.854. The Hall–Kier alpha value is -0.770. The molecule has 0 radical (unpaired) electrons. The fraction of sp³-hybridized carbons (Fsp3) is 0.538. The Labute approximate surface area is 109 Å². The summed E-state index contributed by atoms with van der Waals surface area (Å²) in [5.41, 5.74) is 6.93. The normalized spacial score (nSPS) is 14.0. The molecule has 0 aliphatic carbocycles. The minimum absolute atomic E-state index is 0. The Balaban J connectivity index is 0.00000256. The molecule has 0 spiro atoms. The molecule has 0 saturated heterocycles. The molecule has 0 bridgehead atoms. The molecule has 0 saturated carbocycles. The first-order valence-corrected chi connectivity index (χ1v) is 5.62. The molecule has 98 valence electrons. The molecular formula is C13H22ClNO2.